The molecule has 0 saturated heterocycles. The Kier molecular flexibility index (Phi) is 5.29. The van der Waals surface area contributed by atoms with Gasteiger partial charge < -0.3 is 14.0 Å². The van der Waals surface area contributed by atoms with Gasteiger partial charge in [0.2, 0.25) is 6.79 Å². The van der Waals surface area contributed by atoms with Gasteiger partial charge in [0.1, 0.15) is 0 Å². The van der Waals surface area contributed by atoms with Crippen LogP contribution in [0.15, 0.2) is 75.7 Å². The SMILES string of the molecule is c1ccc(-c2nnc(SCc3noc(-c4cccs4)n3)n2Cc2ccc3c(c2)OCO3)cc1. The molecule has 0 radical (unpaired) electrons. The van der Waals surface area contributed by atoms with Crippen LogP contribution in [0.4, 0.5) is 0 Å². The van der Waals surface area contributed by atoms with E-state index in [1.807, 2.05) is 66.0 Å². The van der Waals surface area contributed by atoms with Crippen molar-refractivity contribution in [2.45, 2.75) is 17.5 Å². The van der Waals surface area contributed by atoms with Crippen molar-refractivity contribution >= 4 is 23.1 Å². The molecule has 2 aromatic carbocycles. The second-order valence-electron chi connectivity index (χ2n) is 7.23. The summed E-state index contributed by atoms with van der Waals surface area (Å²) in [7, 11) is 0. The molecular weight excluding hydrogens is 458 g/mol. The highest BCUT2D eigenvalue weighted by molar-refractivity contribution is 7.98. The zero-order chi connectivity index (χ0) is 22.0. The van der Waals surface area contributed by atoms with Crippen molar-refractivity contribution in [1.29, 1.82) is 0 Å². The Balaban J connectivity index is 1.28. The summed E-state index contributed by atoms with van der Waals surface area (Å²) in [6, 6.07) is 19.9. The molecule has 0 unspecified atom stereocenters. The number of aromatic nitrogens is 5. The molecular formula is C23H17N5O3S2. The molecule has 164 valence electrons. The lowest BCUT2D eigenvalue weighted by atomic mass is 10.2. The Morgan fingerprint density at radius 3 is 2.76 bits per heavy atom. The summed E-state index contributed by atoms with van der Waals surface area (Å²) in [6.45, 7) is 0.836. The highest BCUT2D eigenvalue weighted by Crippen LogP contribution is 2.34. The highest BCUT2D eigenvalue weighted by atomic mass is 32.2. The summed E-state index contributed by atoms with van der Waals surface area (Å²) in [6.07, 6.45) is 0. The second kappa shape index (κ2) is 8.72. The van der Waals surface area contributed by atoms with E-state index < -0.39 is 0 Å². The van der Waals surface area contributed by atoms with E-state index in [9.17, 15) is 0 Å². The topological polar surface area (TPSA) is 88.1 Å². The first kappa shape index (κ1) is 20.0. The normalized spacial score (nSPS) is 12.4. The maximum absolute atomic E-state index is 5.55. The van der Waals surface area contributed by atoms with Crippen LogP contribution in [0.5, 0.6) is 11.5 Å². The fourth-order valence-electron chi connectivity index (χ4n) is 3.50. The summed E-state index contributed by atoms with van der Waals surface area (Å²) < 4.78 is 18.5. The number of rotatable bonds is 7. The molecule has 0 bridgehead atoms. The van der Waals surface area contributed by atoms with Crippen LogP contribution in [0.1, 0.15) is 11.4 Å². The molecule has 0 amide bonds. The molecule has 0 N–H and O–H groups in total. The average Bonchev–Trinajstić information content (AvgIpc) is 3.65. The van der Waals surface area contributed by atoms with E-state index in [2.05, 4.69) is 24.9 Å². The molecule has 8 nitrogen and oxygen atoms in total. The summed E-state index contributed by atoms with van der Waals surface area (Å²) >= 11 is 3.09. The van der Waals surface area contributed by atoms with Crippen LogP contribution in [0.25, 0.3) is 22.2 Å². The average molecular weight is 476 g/mol. The van der Waals surface area contributed by atoms with E-state index in [1.54, 1.807) is 11.3 Å². The van der Waals surface area contributed by atoms with Gasteiger partial charge in [-0.05, 0) is 29.1 Å². The van der Waals surface area contributed by atoms with Crippen LogP contribution in [0.2, 0.25) is 0 Å². The number of thiophene rings is 1. The zero-order valence-corrected chi connectivity index (χ0v) is 18.9. The standard InChI is InChI=1S/C23H17N5O3S2/c1-2-5-16(6-3-1)21-25-26-23(28(21)12-15-8-9-17-18(11-15)30-14-29-17)33-13-20-24-22(31-27-20)19-7-4-10-32-19/h1-11H,12-14H2. The predicted molar refractivity (Wildman–Crippen MR) is 124 cm³/mol. The summed E-state index contributed by atoms with van der Waals surface area (Å²) in [5.74, 6) is 3.98. The molecule has 0 atom stereocenters. The maximum Gasteiger partial charge on any atom is 0.268 e. The highest BCUT2D eigenvalue weighted by Gasteiger charge is 2.19. The Hall–Kier alpha value is -3.63. The van der Waals surface area contributed by atoms with E-state index in [1.165, 1.54) is 11.8 Å². The Labute approximate surface area is 197 Å². The van der Waals surface area contributed by atoms with Gasteiger partial charge in [0.05, 0.1) is 17.2 Å². The molecule has 0 fully saturated rings. The van der Waals surface area contributed by atoms with E-state index in [0.29, 0.717) is 24.0 Å². The largest absolute Gasteiger partial charge is 0.454 e. The van der Waals surface area contributed by atoms with Gasteiger partial charge in [-0.1, -0.05) is 59.4 Å². The smallest absolute Gasteiger partial charge is 0.268 e. The van der Waals surface area contributed by atoms with Gasteiger partial charge in [-0.15, -0.1) is 21.5 Å². The van der Waals surface area contributed by atoms with Crippen LogP contribution in [-0.4, -0.2) is 31.7 Å². The third-order valence-electron chi connectivity index (χ3n) is 5.06. The van der Waals surface area contributed by atoms with Gasteiger partial charge in [-0.3, -0.25) is 4.57 Å². The molecule has 4 heterocycles. The van der Waals surface area contributed by atoms with Crippen LogP contribution in [0.3, 0.4) is 0 Å². The summed E-state index contributed by atoms with van der Waals surface area (Å²) in [5.41, 5.74) is 2.06. The van der Waals surface area contributed by atoms with Gasteiger partial charge in [0.25, 0.3) is 5.89 Å². The minimum absolute atomic E-state index is 0.250. The molecule has 1 aliphatic rings. The van der Waals surface area contributed by atoms with Crippen molar-refractivity contribution in [3.63, 3.8) is 0 Å². The van der Waals surface area contributed by atoms with E-state index >= 15 is 0 Å². The number of hydrogen-bond donors (Lipinski definition) is 0. The lowest BCUT2D eigenvalue weighted by molar-refractivity contribution is 0.174. The third kappa shape index (κ3) is 4.10. The Morgan fingerprint density at radius 1 is 0.970 bits per heavy atom. The lowest BCUT2D eigenvalue weighted by Gasteiger charge is -2.11. The van der Waals surface area contributed by atoms with Crippen molar-refractivity contribution in [2.24, 2.45) is 0 Å². The fourth-order valence-corrected chi connectivity index (χ4v) is 4.93. The van der Waals surface area contributed by atoms with Crippen LogP contribution in [0, 0.1) is 0 Å². The molecule has 6 rings (SSSR count). The molecule has 0 aliphatic carbocycles. The molecule has 1 aliphatic heterocycles. The second-order valence-corrected chi connectivity index (χ2v) is 9.12. The van der Waals surface area contributed by atoms with Gasteiger partial charge >= 0.3 is 0 Å². The van der Waals surface area contributed by atoms with E-state index in [-0.39, 0.29) is 6.79 Å². The van der Waals surface area contributed by atoms with Crippen LogP contribution in [-0.2, 0) is 12.3 Å². The number of benzene rings is 2. The molecule has 33 heavy (non-hydrogen) atoms. The van der Waals surface area contributed by atoms with Gasteiger partial charge in [-0.25, -0.2) is 0 Å². The summed E-state index contributed by atoms with van der Waals surface area (Å²) in [5, 5.41) is 15.8. The minimum Gasteiger partial charge on any atom is -0.454 e. The predicted octanol–water partition coefficient (Wildman–Crippen LogP) is 5.13. The maximum atomic E-state index is 5.55. The Morgan fingerprint density at radius 2 is 1.88 bits per heavy atom. The number of thioether (sulfide) groups is 1. The number of ether oxygens (including phenoxy) is 2. The van der Waals surface area contributed by atoms with Crippen molar-refractivity contribution in [3.8, 4) is 33.7 Å². The quantitative estimate of drug-likeness (QED) is 0.300. The molecule has 0 spiro atoms. The summed E-state index contributed by atoms with van der Waals surface area (Å²) in [4.78, 5) is 5.46. The third-order valence-corrected chi connectivity index (χ3v) is 6.88. The lowest BCUT2D eigenvalue weighted by Crippen LogP contribution is -2.04. The van der Waals surface area contributed by atoms with E-state index in [4.69, 9.17) is 14.0 Å². The van der Waals surface area contributed by atoms with Crippen LogP contribution >= 0.6 is 23.1 Å². The van der Waals surface area contributed by atoms with Crippen molar-refractivity contribution in [3.05, 3.63) is 77.4 Å². The fraction of sp³-hybridized carbons (Fsp3) is 0.130. The van der Waals surface area contributed by atoms with Gasteiger partial charge in [-0.2, -0.15) is 4.98 Å². The van der Waals surface area contributed by atoms with E-state index in [0.717, 1.165) is 38.5 Å². The molecule has 5 aromatic rings. The first-order valence-electron chi connectivity index (χ1n) is 10.2. The first-order valence-corrected chi connectivity index (χ1v) is 12.1. The first-order chi connectivity index (χ1) is 16.3. The van der Waals surface area contributed by atoms with Crippen molar-refractivity contribution in [2.75, 3.05) is 6.79 Å². The Bertz CT molecular complexity index is 1380. The monoisotopic (exact) mass is 475 g/mol. The minimum atomic E-state index is 0.250. The molecule has 10 heteroatoms. The number of fused-ring (bicyclic) bond motifs is 1. The number of nitrogens with zero attached hydrogens (tertiary/aromatic N) is 5. The number of hydrogen-bond acceptors (Lipinski definition) is 9. The van der Waals surface area contributed by atoms with Crippen molar-refractivity contribution in [1.82, 2.24) is 24.9 Å². The van der Waals surface area contributed by atoms with Gasteiger partial charge in [0, 0.05) is 5.56 Å². The van der Waals surface area contributed by atoms with Crippen LogP contribution < -0.4 is 9.47 Å². The molecule has 0 saturated carbocycles. The van der Waals surface area contributed by atoms with Gasteiger partial charge in [0.15, 0.2) is 28.3 Å². The molecule has 3 aromatic heterocycles. The van der Waals surface area contributed by atoms with Crippen molar-refractivity contribution < 1.29 is 14.0 Å². The zero-order valence-electron chi connectivity index (χ0n) is 17.2.